The van der Waals surface area contributed by atoms with Crippen LogP contribution in [0.4, 0.5) is 0 Å². The van der Waals surface area contributed by atoms with E-state index in [4.69, 9.17) is 4.74 Å². The predicted octanol–water partition coefficient (Wildman–Crippen LogP) is 5.31. The maximum atomic E-state index is 12.5. The number of allylic oxidation sites excluding steroid dienone is 1. The quantitative estimate of drug-likeness (QED) is 0.493. The van der Waals surface area contributed by atoms with Crippen molar-refractivity contribution in [1.82, 2.24) is 4.90 Å². The van der Waals surface area contributed by atoms with E-state index in [1.54, 1.807) is 13.2 Å². The zero-order valence-corrected chi connectivity index (χ0v) is 16.6. The third-order valence-electron chi connectivity index (χ3n) is 5.19. The predicted molar refractivity (Wildman–Crippen MR) is 111 cm³/mol. The molecular formula is C24H29NO2. The van der Waals surface area contributed by atoms with Crippen LogP contribution in [0.5, 0.6) is 5.75 Å². The van der Waals surface area contributed by atoms with E-state index in [9.17, 15) is 4.79 Å². The molecule has 142 valence electrons. The van der Waals surface area contributed by atoms with Crippen LogP contribution < -0.4 is 4.74 Å². The van der Waals surface area contributed by atoms with E-state index in [1.165, 1.54) is 24.0 Å². The molecular weight excluding hydrogens is 334 g/mol. The van der Waals surface area contributed by atoms with Gasteiger partial charge < -0.3 is 4.74 Å². The summed E-state index contributed by atoms with van der Waals surface area (Å²) in [6.45, 7) is 7.50. The van der Waals surface area contributed by atoms with E-state index in [0.29, 0.717) is 5.92 Å². The Morgan fingerprint density at radius 3 is 2.44 bits per heavy atom. The van der Waals surface area contributed by atoms with Crippen LogP contribution in [0.25, 0.3) is 6.08 Å². The van der Waals surface area contributed by atoms with E-state index in [2.05, 4.69) is 24.8 Å². The van der Waals surface area contributed by atoms with Crippen LogP contribution in [0, 0.1) is 0 Å². The number of nitrogens with zero attached hydrogens (tertiary/aromatic N) is 1. The van der Waals surface area contributed by atoms with E-state index >= 15 is 0 Å². The van der Waals surface area contributed by atoms with Crippen molar-refractivity contribution in [2.45, 2.75) is 39.2 Å². The highest BCUT2D eigenvalue weighted by molar-refractivity contribution is 6.06. The molecule has 1 heterocycles. The first-order valence-electron chi connectivity index (χ1n) is 9.78. The van der Waals surface area contributed by atoms with E-state index in [-0.39, 0.29) is 5.78 Å². The molecule has 1 aliphatic heterocycles. The summed E-state index contributed by atoms with van der Waals surface area (Å²) in [5.74, 6) is 1.41. The second-order valence-electron chi connectivity index (χ2n) is 7.53. The Hall–Kier alpha value is -2.39. The van der Waals surface area contributed by atoms with Gasteiger partial charge in [-0.25, -0.2) is 0 Å². The molecule has 0 saturated carbocycles. The maximum Gasteiger partial charge on any atom is 0.185 e. The number of hydrogen-bond acceptors (Lipinski definition) is 3. The van der Waals surface area contributed by atoms with Gasteiger partial charge in [0.1, 0.15) is 5.75 Å². The fourth-order valence-electron chi connectivity index (χ4n) is 3.51. The molecule has 1 fully saturated rings. The van der Waals surface area contributed by atoms with Crippen molar-refractivity contribution in [3.05, 3.63) is 70.8 Å². The smallest absolute Gasteiger partial charge is 0.185 e. The molecule has 0 unspecified atom stereocenters. The van der Waals surface area contributed by atoms with Gasteiger partial charge in [-0.3, -0.25) is 9.69 Å². The number of rotatable bonds is 7. The Bertz CT molecular complexity index is 800. The molecule has 3 heteroatoms. The Kier molecular flexibility index (Phi) is 6.46. The largest absolute Gasteiger partial charge is 0.496 e. The number of likely N-dealkylation sites (tertiary alicyclic amines) is 1. The van der Waals surface area contributed by atoms with Gasteiger partial charge in [0.05, 0.1) is 7.11 Å². The van der Waals surface area contributed by atoms with Crippen molar-refractivity contribution in [2.75, 3.05) is 20.2 Å². The molecule has 0 atom stereocenters. The second-order valence-corrected chi connectivity index (χ2v) is 7.53. The standard InChI is InChI=1S/C24H29NO2/c1-18(2)20-8-10-21(11-9-20)23(26)12-6-19-7-13-24(27-3)22(16-19)17-25-14-4-5-15-25/h6-13,16,18H,4-5,14-15,17H2,1-3H3/b12-6+. The Morgan fingerprint density at radius 2 is 1.81 bits per heavy atom. The molecule has 0 aliphatic carbocycles. The molecule has 0 spiro atoms. The number of hydrogen-bond donors (Lipinski definition) is 0. The molecule has 0 N–H and O–H groups in total. The van der Waals surface area contributed by atoms with Crippen molar-refractivity contribution >= 4 is 11.9 Å². The molecule has 2 aromatic carbocycles. The summed E-state index contributed by atoms with van der Waals surface area (Å²) in [6.07, 6.45) is 6.09. The third-order valence-corrected chi connectivity index (χ3v) is 5.19. The topological polar surface area (TPSA) is 29.5 Å². The molecule has 27 heavy (non-hydrogen) atoms. The van der Waals surface area contributed by atoms with Crippen LogP contribution in [0.1, 0.15) is 59.7 Å². The summed E-state index contributed by atoms with van der Waals surface area (Å²) in [6, 6.07) is 14.0. The first-order chi connectivity index (χ1) is 13.1. The summed E-state index contributed by atoms with van der Waals surface area (Å²) in [4.78, 5) is 14.9. The van der Waals surface area contributed by atoms with Crippen molar-refractivity contribution in [1.29, 1.82) is 0 Å². The van der Waals surface area contributed by atoms with Gasteiger partial charge in [0.2, 0.25) is 0 Å². The molecule has 3 rings (SSSR count). The molecule has 3 nitrogen and oxygen atoms in total. The zero-order chi connectivity index (χ0) is 19.2. The van der Waals surface area contributed by atoms with Gasteiger partial charge in [-0.05, 0) is 61.2 Å². The van der Waals surface area contributed by atoms with Gasteiger partial charge in [-0.15, -0.1) is 0 Å². The van der Waals surface area contributed by atoms with Gasteiger partial charge in [-0.2, -0.15) is 0 Å². The zero-order valence-electron chi connectivity index (χ0n) is 16.6. The normalized spacial score (nSPS) is 15.0. The number of ether oxygens (including phenoxy) is 1. The number of carbonyl (C=O) groups is 1. The van der Waals surface area contributed by atoms with Crippen LogP contribution in [-0.4, -0.2) is 30.9 Å². The fraction of sp³-hybridized carbons (Fsp3) is 0.375. The number of carbonyl (C=O) groups excluding carboxylic acids is 1. The molecule has 1 aliphatic rings. The van der Waals surface area contributed by atoms with Gasteiger partial charge in [0, 0.05) is 17.7 Å². The summed E-state index contributed by atoms with van der Waals surface area (Å²) in [5, 5.41) is 0. The second kappa shape index (κ2) is 9.01. The highest BCUT2D eigenvalue weighted by Crippen LogP contribution is 2.24. The minimum atomic E-state index is 0.0298. The van der Waals surface area contributed by atoms with Crippen LogP contribution in [0.3, 0.4) is 0 Å². The Morgan fingerprint density at radius 1 is 1.11 bits per heavy atom. The van der Waals surface area contributed by atoms with E-state index in [0.717, 1.165) is 36.5 Å². The average molecular weight is 364 g/mol. The Labute approximate surface area is 162 Å². The van der Waals surface area contributed by atoms with Gasteiger partial charge >= 0.3 is 0 Å². The van der Waals surface area contributed by atoms with Crippen LogP contribution in [0.15, 0.2) is 48.5 Å². The number of methoxy groups -OCH3 is 1. The fourth-order valence-corrected chi connectivity index (χ4v) is 3.51. The minimum absolute atomic E-state index is 0.0298. The van der Waals surface area contributed by atoms with Crippen LogP contribution >= 0.6 is 0 Å². The Balaban J connectivity index is 1.72. The monoisotopic (exact) mass is 363 g/mol. The van der Waals surface area contributed by atoms with Gasteiger partial charge in [0.15, 0.2) is 5.78 Å². The summed E-state index contributed by atoms with van der Waals surface area (Å²) in [5.41, 5.74) is 4.17. The van der Waals surface area contributed by atoms with Crippen molar-refractivity contribution < 1.29 is 9.53 Å². The number of ketones is 1. The van der Waals surface area contributed by atoms with Crippen molar-refractivity contribution in [3.63, 3.8) is 0 Å². The lowest BCUT2D eigenvalue weighted by molar-refractivity contribution is 0.104. The lowest BCUT2D eigenvalue weighted by Crippen LogP contribution is -2.18. The lowest BCUT2D eigenvalue weighted by atomic mass is 10.00. The summed E-state index contributed by atoms with van der Waals surface area (Å²) in [7, 11) is 1.71. The molecule has 0 amide bonds. The van der Waals surface area contributed by atoms with Crippen LogP contribution in [0.2, 0.25) is 0 Å². The molecule has 0 bridgehead atoms. The summed E-state index contributed by atoms with van der Waals surface area (Å²) >= 11 is 0. The maximum absolute atomic E-state index is 12.5. The molecule has 0 aromatic heterocycles. The van der Waals surface area contributed by atoms with E-state index in [1.807, 2.05) is 42.5 Å². The molecule has 1 saturated heterocycles. The number of benzene rings is 2. The minimum Gasteiger partial charge on any atom is -0.496 e. The highest BCUT2D eigenvalue weighted by atomic mass is 16.5. The highest BCUT2D eigenvalue weighted by Gasteiger charge is 2.14. The first kappa shape index (κ1) is 19.4. The average Bonchev–Trinajstić information content (AvgIpc) is 3.19. The third kappa shape index (κ3) is 5.08. The van der Waals surface area contributed by atoms with Crippen LogP contribution in [-0.2, 0) is 6.54 Å². The first-order valence-corrected chi connectivity index (χ1v) is 9.78. The lowest BCUT2D eigenvalue weighted by Gasteiger charge is -2.17. The molecule has 0 radical (unpaired) electrons. The van der Waals surface area contributed by atoms with Gasteiger partial charge in [-0.1, -0.05) is 50.3 Å². The molecule has 2 aromatic rings. The van der Waals surface area contributed by atoms with E-state index < -0.39 is 0 Å². The van der Waals surface area contributed by atoms with Crippen molar-refractivity contribution in [2.24, 2.45) is 0 Å². The SMILES string of the molecule is COc1ccc(/C=C/C(=O)c2ccc(C(C)C)cc2)cc1CN1CCCC1. The summed E-state index contributed by atoms with van der Waals surface area (Å²) < 4.78 is 5.52. The van der Waals surface area contributed by atoms with Gasteiger partial charge in [0.25, 0.3) is 0 Å². The van der Waals surface area contributed by atoms with Crippen molar-refractivity contribution in [3.8, 4) is 5.75 Å².